The van der Waals surface area contributed by atoms with E-state index in [9.17, 15) is 0 Å². The highest BCUT2D eigenvalue weighted by Crippen LogP contribution is 2.57. The summed E-state index contributed by atoms with van der Waals surface area (Å²) >= 11 is 1.86. The van der Waals surface area contributed by atoms with Gasteiger partial charge >= 0.3 is 0 Å². The number of nitrogens with zero attached hydrogens (tertiary/aromatic N) is 1. The molecule has 2 heterocycles. The molecule has 0 atom stereocenters. The van der Waals surface area contributed by atoms with Gasteiger partial charge < -0.3 is 9.32 Å². The highest BCUT2D eigenvalue weighted by Gasteiger charge is 2.48. The SMILES string of the molecule is CC1(C)c2cc(N(c3ccccc3)c3ccc4sc5ccccc5c4c3)ccc2-c2ccc3c(oc4ccccc43)c2C1(C)C. The molecule has 0 spiro atoms. The number of benzene rings is 6. The Kier molecular flexibility index (Phi) is 5.50. The van der Waals surface area contributed by atoms with Crippen molar-refractivity contribution in [1.29, 1.82) is 0 Å². The standard InChI is InChI=1S/C42H33NOS/c1-41(2)35-25-28(18-20-29(35)32-21-22-33-30-14-8-10-16-36(30)44-40(33)39(32)42(41,3)4)43(26-12-6-5-7-13-26)27-19-23-38-34(24-27)31-15-9-11-17-37(31)45-38/h5-25H,1-4H3. The van der Waals surface area contributed by atoms with Crippen LogP contribution in [0, 0.1) is 0 Å². The molecule has 8 aromatic rings. The third kappa shape index (κ3) is 3.68. The van der Waals surface area contributed by atoms with Crippen LogP contribution >= 0.6 is 11.3 Å². The molecule has 2 nitrogen and oxygen atoms in total. The smallest absolute Gasteiger partial charge is 0.139 e. The first-order chi connectivity index (χ1) is 21.8. The van der Waals surface area contributed by atoms with Gasteiger partial charge in [-0.25, -0.2) is 0 Å². The summed E-state index contributed by atoms with van der Waals surface area (Å²) in [7, 11) is 0. The van der Waals surface area contributed by atoms with E-state index in [0.717, 1.165) is 28.2 Å². The van der Waals surface area contributed by atoms with Crippen LogP contribution in [0.2, 0.25) is 0 Å². The topological polar surface area (TPSA) is 16.4 Å². The first kappa shape index (κ1) is 26.5. The Labute approximate surface area is 267 Å². The van der Waals surface area contributed by atoms with Crippen molar-refractivity contribution >= 4 is 70.5 Å². The number of fused-ring (bicyclic) bond motifs is 10. The van der Waals surface area contributed by atoms with Crippen molar-refractivity contribution in [2.24, 2.45) is 0 Å². The first-order valence-corrected chi connectivity index (χ1v) is 16.5. The van der Waals surface area contributed by atoms with Crippen LogP contribution in [0.1, 0.15) is 38.8 Å². The normalized spacial score (nSPS) is 15.0. The highest BCUT2D eigenvalue weighted by molar-refractivity contribution is 7.25. The number of rotatable bonds is 3. The molecule has 1 aliphatic carbocycles. The van der Waals surface area contributed by atoms with Crippen LogP contribution in [-0.4, -0.2) is 0 Å². The molecule has 0 bridgehead atoms. The molecule has 218 valence electrons. The van der Waals surface area contributed by atoms with E-state index in [1.807, 2.05) is 11.3 Å². The quantitative estimate of drug-likeness (QED) is 0.201. The van der Waals surface area contributed by atoms with E-state index < -0.39 is 0 Å². The van der Waals surface area contributed by atoms with E-state index in [-0.39, 0.29) is 10.8 Å². The van der Waals surface area contributed by atoms with E-state index in [2.05, 4.69) is 160 Å². The molecular formula is C42H33NOS. The fourth-order valence-corrected chi connectivity index (χ4v) is 8.67. The first-order valence-electron chi connectivity index (χ1n) is 15.7. The van der Waals surface area contributed by atoms with Gasteiger partial charge in [-0.15, -0.1) is 11.3 Å². The Morgan fingerprint density at radius 1 is 0.511 bits per heavy atom. The second-order valence-corrected chi connectivity index (χ2v) is 14.5. The molecule has 0 amide bonds. The number of hydrogen-bond donors (Lipinski definition) is 0. The molecule has 0 fully saturated rings. The lowest BCUT2D eigenvalue weighted by Gasteiger charge is -2.48. The maximum atomic E-state index is 6.62. The maximum Gasteiger partial charge on any atom is 0.139 e. The molecule has 6 aromatic carbocycles. The zero-order valence-corrected chi connectivity index (χ0v) is 26.7. The second-order valence-electron chi connectivity index (χ2n) is 13.4. The largest absolute Gasteiger partial charge is 0.456 e. The average molecular weight is 600 g/mol. The van der Waals surface area contributed by atoms with Gasteiger partial charge in [0.05, 0.1) is 0 Å². The summed E-state index contributed by atoms with van der Waals surface area (Å²) < 4.78 is 9.26. The van der Waals surface area contributed by atoms with Gasteiger partial charge in [0, 0.05) is 59.0 Å². The summed E-state index contributed by atoms with van der Waals surface area (Å²) in [5.74, 6) is 0. The van der Waals surface area contributed by atoms with Crippen molar-refractivity contribution in [3.63, 3.8) is 0 Å². The molecule has 0 N–H and O–H groups in total. The molecule has 0 aliphatic heterocycles. The van der Waals surface area contributed by atoms with E-state index in [1.54, 1.807) is 0 Å². The van der Waals surface area contributed by atoms with E-state index in [4.69, 9.17) is 4.42 Å². The van der Waals surface area contributed by atoms with E-state index in [0.29, 0.717) is 0 Å². The van der Waals surface area contributed by atoms with Gasteiger partial charge in [0.15, 0.2) is 0 Å². The molecule has 45 heavy (non-hydrogen) atoms. The lowest BCUT2D eigenvalue weighted by atomic mass is 9.55. The summed E-state index contributed by atoms with van der Waals surface area (Å²) in [6.07, 6.45) is 0. The Morgan fingerprint density at radius 2 is 1.18 bits per heavy atom. The predicted molar refractivity (Wildman–Crippen MR) is 193 cm³/mol. The molecule has 0 unspecified atom stereocenters. The summed E-state index contributed by atoms with van der Waals surface area (Å²) in [6, 6.07) is 46.4. The van der Waals surface area contributed by atoms with Crippen LogP contribution in [0.3, 0.4) is 0 Å². The number of thiophene rings is 1. The monoisotopic (exact) mass is 599 g/mol. The third-order valence-corrected chi connectivity index (χ3v) is 11.7. The van der Waals surface area contributed by atoms with Gasteiger partial charge in [0.25, 0.3) is 0 Å². The Balaban J connectivity index is 1.28. The molecule has 1 aliphatic rings. The van der Waals surface area contributed by atoms with Gasteiger partial charge in [-0.05, 0) is 82.8 Å². The molecule has 0 saturated carbocycles. The van der Waals surface area contributed by atoms with Crippen LogP contribution < -0.4 is 4.90 Å². The Morgan fingerprint density at radius 3 is 2.02 bits per heavy atom. The molecule has 3 heteroatoms. The summed E-state index contributed by atoms with van der Waals surface area (Å²) in [4.78, 5) is 2.41. The van der Waals surface area contributed by atoms with Crippen LogP contribution in [0.15, 0.2) is 132 Å². The molecule has 0 saturated heterocycles. The molecule has 0 radical (unpaired) electrons. The number of para-hydroxylation sites is 2. The predicted octanol–water partition coefficient (Wildman–Crippen LogP) is 12.7. The van der Waals surface area contributed by atoms with E-state index >= 15 is 0 Å². The van der Waals surface area contributed by atoms with Gasteiger partial charge in [0.1, 0.15) is 11.2 Å². The number of furan rings is 1. The van der Waals surface area contributed by atoms with Gasteiger partial charge in [0.2, 0.25) is 0 Å². The van der Waals surface area contributed by atoms with E-state index in [1.165, 1.54) is 53.2 Å². The molecular weight excluding hydrogens is 567 g/mol. The van der Waals surface area contributed by atoms with Crippen LogP contribution in [0.5, 0.6) is 0 Å². The lowest BCUT2D eigenvalue weighted by molar-refractivity contribution is 0.299. The van der Waals surface area contributed by atoms with Gasteiger partial charge in [-0.3, -0.25) is 0 Å². The lowest BCUT2D eigenvalue weighted by Crippen LogP contribution is -2.43. The van der Waals surface area contributed by atoms with Crippen molar-refractivity contribution in [3.05, 3.63) is 139 Å². The van der Waals surface area contributed by atoms with Crippen molar-refractivity contribution in [3.8, 4) is 11.1 Å². The van der Waals surface area contributed by atoms with Gasteiger partial charge in [-0.2, -0.15) is 0 Å². The third-order valence-electron chi connectivity index (χ3n) is 10.6. The number of anilines is 3. The Bertz CT molecular complexity index is 2440. The van der Waals surface area contributed by atoms with Crippen LogP contribution in [-0.2, 0) is 10.8 Å². The van der Waals surface area contributed by atoms with Crippen molar-refractivity contribution in [2.75, 3.05) is 4.90 Å². The van der Waals surface area contributed by atoms with Gasteiger partial charge in [-0.1, -0.05) is 94.4 Å². The minimum atomic E-state index is -0.187. The Hall–Kier alpha value is -4.86. The van der Waals surface area contributed by atoms with Crippen LogP contribution in [0.25, 0.3) is 53.2 Å². The highest BCUT2D eigenvalue weighted by atomic mass is 32.1. The summed E-state index contributed by atoms with van der Waals surface area (Å²) in [6.45, 7) is 9.57. The van der Waals surface area contributed by atoms with Crippen LogP contribution in [0.4, 0.5) is 17.1 Å². The molecule has 2 aromatic heterocycles. The summed E-state index contributed by atoms with van der Waals surface area (Å²) in [5, 5.41) is 4.99. The zero-order chi connectivity index (χ0) is 30.5. The fraction of sp³-hybridized carbons (Fsp3) is 0.143. The average Bonchev–Trinajstić information content (AvgIpc) is 3.62. The second kappa shape index (κ2) is 9.32. The zero-order valence-electron chi connectivity index (χ0n) is 25.9. The van der Waals surface area contributed by atoms with Crippen molar-refractivity contribution < 1.29 is 4.42 Å². The maximum absolute atomic E-state index is 6.62. The minimum absolute atomic E-state index is 0.172. The number of hydrogen-bond acceptors (Lipinski definition) is 3. The van der Waals surface area contributed by atoms with Crippen molar-refractivity contribution in [1.82, 2.24) is 0 Å². The fourth-order valence-electron chi connectivity index (χ4n) is 7.58. The summed E-state index contributed by atoms with van der Waals surface area (Å²) in [5.41, 5.74) is 10.3. The minimum Gasteiger partial charge on any atom is -0.456 e. The van der Waals surface area contributed by atoms with Crippen molar-refractivity contribution in [2.45, 2.75) is 38.5 Å². The molecule has 9 rings (SSSR count).